The molecular formula is C13H29IN4O. The summed E-state index contributed by atoms with van der Waals surface area (Å²) in [5.41, 5.74) is 0. The van der Waals surface area contributed by atoms with Gasteiger partial charge in [0.15, 0.2) is 5.96 Å². The van der Waals surface area contributed by atoms with Crippen molar-refractivity contribution in [2.75, 3.05) is 27.2 Å². The molecule has 2 N–H and O–H groups in total. The number of hydrogen-bond donors (Lipinski definition) is 2. The summed E-state index contributed by atoms with van der Waals surface area (Å²) in [6, 6.07) is 0.198. The predicted octanol–water partition coefficient (Wildman–Crippen LogP) is 1.83. The number of amides is 1. The Hall–Kier alpha value is -0.530. The van der Waals surface area contributed by atoms with E-state index in [0.717, 1.165) is 25.3 Å². The summed E-state index contributed by atoms with van der Waals surface area (Å²) < 4.78 is 0. The third-order valence-corrected chi connectivity index (χ3v) is 2.51. The van der Waals surface area contributed by atoms with Gasteiger partial charge in [0, 0.05) is 39.6 Å². The first-order valence-electron chi connectivity index (χ1n) is 6.72. The third kappa shape index (κ3) is 11.0. The van der Waals surface area contributed by atoms with Gasteiger partial charge >= 0.3 is 0 Å². The lowest BCUT2D eigenvalue weighted by molar-refractivity contribution is -0.121. The van der Waals surface area contributed by atoms with Crippen LogP contribution in [0.25, 0.3) is 0 Å². The largest absolute Gasteiger partial charge is 0.356 e. The Morgan fingerprint density at radius 2 is 2.00 bits per heavy atom. The molecule has 0 aliphatic carbocycles. The molecule has 0 saturated carbocycles. The fraction of sp³-hybridized carbons (Fsp3) is 0.846. The summed E-state index contributed by atoms with van der Waals surface area (Å²) in [4.78, 5) is 17.7. The van der Waals surface area contributed by atoms with Crippen LogP contribution < -0.4 is 10.6 Å². The summed E-state index contributed by atoms with van der Waals surface area (Å²) in [7, 11) is 3.78. The van der Waals surface area contributed by atoms with Gasteiger partial charge in [-0.05, 0) is 20.3 Å². The second-order valence-electron chi connectivity index (χ2n) is 4.72. The van der Waals surface area contributed by atoms with Crippen molar-refractivity contribution < 1.29 is 4.79 Å². The fourth-order valence-electron chi connectivity index (χ4n) is 1.57. The second-order valence-corrected chi connectivity index (χ2v) is 4.72. The molecule has 0 rings (SSSR count). The van der Waals surface area contributed by atoms with Crippen LogP contribution in [0.5, 0.6) is 0 Å². The van der Waals surface area contributed by atoms with E-state index in [2.05, 4.69) is 27.4 Å². The number of unbranched alkanes of at least 4 members (excludes halogenated alkanes) is 1. The van der Waals surface area contributed by atoms with E-state index in [0.29, 0.717) is 13.0 Å². The molecule has 0 fully saturated rings. The van der Waals surface area contributed by atoms with Crippen molar-refractivity contribution in [3.05, 3.63) is 0 Å². The normalized spacial score (nSPS) is 10.9. The van der Waals surface area contributed by atoms with Crippen LogP contribution in [0.15, 0.2) is 4.99 Å². The average Bonchev–Trinajstić information content (AvgIpc) is 2.30. The van der Waals surface area contributed by atoms with Crippen LogP contribution in [0.2, 0.25) is 0 Å². The lowest BCUT2D eigenvalue weighted by Gasteiger charge is -2.21. The number of carbonyl (C=O) groups excluding carboxylic acids is 1. The molecule has 0 aliphatic heterocycles. The van der Waals surface area contributed by atoms with Gasteiger partial charge in [0.25, 0.3) is 0 Å². The third-order valence-electron chi connectivity index (χ3n) is 2.51. The van der Waals surface area contributed by atoms with Gasteiger partial charge in [0.05, 0.1) is 0 Å². The van der Waals surface area contributed by atoms with Crippen LogP contribution in [0.1, 0.15) is 40.0 Å². The molecule has 0 heterocycles. The predicted molar refractivity (Wildman–Crippen MR) is 92.2 cm³/mol. The SMILES string of the molecule is CCCCN(C)C(=NC)NCCC(=O)NC(C)C.I. The minimum atomic E-state index is 0. The molecule has 6 heteroatoms. The Morgan fingerprint density at radius 3 is 2.47 bits per heavy atom. The summed E-state index contributed by atoms with van der Waals surface area (Å²) in [6.07, 6.45) is 2.78. The van der Waals surface area contributed by atoms with Gasteiger partial charge < -0.3 is 15.5 Å². The van der Waals surface area contributed by atoms with E-state index < -0.39 is 0 Å². The molecule has 0 aromatic rings. The van der Waals surface area contributed by atoms with Crippen molar-refractivity contribution in [1.29, 1.82) is 0 Å². The van der Waals surface area contributed by atoms with E-state index in [-0.39, 0.29) is 35.9 Å². The van der Waals surface area contributed by atoms with Crippen LogP contribution in [0.3, 0.4) is 0 Å². The number of nitrogens with one attached hydrogen (secondary N) is 2. The Labute approximate surface area is 134 Å². The van der Waals surface area contributed by atoms with Crippen molar-refractivity contribution in [1.82, 2.24) is 15.5 Å². The molecule has 5 nitrogen and oxygen atoms in total. The van der Waals surface area contributed by atoms with Crippen molar-refractivity contribution in [2.45, 2.75) is 46.1 Å². The maximum absolute atomic E-state index is 11.5. The Balaban J connectivity index is 0. The molecular weight excluding hydrogens is 355 g/mol. The lowest BCUT2D eigenvalue weighted by atomic mass is 10.3. The molecule has 0 spiro atoms. The fourth-order valence-corrected chi connectivity index (χ4v) is 1.57. The number of carbonyl (C=O) groups is 1. The maximum atomic E-state index is 11.5. The van der Waals surface area contributed by atoms with Crippen molar-refractivity contribution >= 4 is 35.8 Å². The molecule has 0 radical (unpaired) electrons. The first-order valence-corrected chi connectivity index (χ1v) is 6.72. The highest BCUT2D eigenvalue weighted by Gasteiger charge is 2.06. The molecule has 0 bridgehead atoms. The highest BCUT2D eigenvalue weighted by atomic mass is 127. The summed E-state index contributed by atoms with van der Waals surface area (Å²) in [5.74, 6) is 0.921. The topological polar surface area (TPSA) is 56.7 Å². The molecule has 0 aromatic heterocycles. The van der Waals surface area contributed by atoms with Gasteiger partial charge in [-0.2, -0.15) is 0 Å². The van der Waals surface area contributed by atoms with E-state index in [1.807, 2.05) is 20.9 Å². The number of hydrogen-bond acceptors (Lipinski definition) is 2. The quantitative estimate of drug-likeness (QED) is 0.400. The van der Waals surface area contributed by atoms with E-state index >= 15 is 0 Å². The number of guanidine groups is 1. The molecule has 0 aromatic carbocycles. The van der Waals surface area contributed by atoms with Crippen LogP contribution >= 0.6 is 24.0 Å². The molecule has 19 heavy (non-hydrogen) atoms. The zero-order valence-corrected chi connectivity index (χ0v) is 15.2. The smallest absolute Gasteiger partial charge is 0.221 e. The van der Waals surface area contributed by atoms with E-state index in [9.17, 15) is 4.79 Å². The van der Waals surface area contributed by atoms with Crippen molar-refractivity contribution in [3.63, 3.8) is 0 Å². The highest BCUT2D eigenvalue weighted by molar-refractivity contribution is 14.0. The van der Waals surface area contributed by atoms with Gasteiger partial charge in [-0.3, -0.25) is 9.79 Å². The number of nitrogens with zero attached hydrogens (tertiary/aromatic N) is 2. The minimum absolute atomic E-state index is 0. The molecule has 0 atom stereocenters. The highest BCUT2D eigenvalue weighted by Crippen LogP contribution is 1.93. The molecule has 1 amide bonds. The minimum Gasteiger partial charge on any atom is -0.356 e. The molecule has 0 unspecified atom stereocenters. The Bertz CT molecular complexity index is 269. The lowest BCUT2D eigenvalue weighted by Crippen LogP contribution is -2.41. The molecule has 0 saturated heterocycles. The Kier molecular flexibility index (Phi) is 13.7. The van der Waals surface area contributed by atoms with Gasteiger partial charge in [-0.25, -0.2) is 0 Å². The number of rotatable bonds is 7. The molecule has 0 aliphatic rings. The number of halogens is 1. The van der Waals surface area contributed by atoms with Gasteiger partial charge in [0.2, 0.25) is 5.91 Å². The van der Waals surface area contributed by atoms with Crippen molar-refractivity contribution in [2.24, 2.45) is 4.99 Å². The monoisotopic (exact) mass is 384 g/mol. The molecule has 114 valence electrons. The van der Waals surface area contributed by atoms with E-state index in [1.54, 1.807) is 7.05 Å². The van der Waals surface area contributed by atoms with Gasteiger partial charge in [0.1, 0.15) is 0 Å². The van der Waals surface area contributed by atoms with Crippen molar-refractivity contribution in [3.8, 4) is 0 Å². The van der Waals surface area contributed by atoms with Crippen LogP contribution in [-0.4, -0.2) is 50.0 Å². The average molecular weight is 384 g/mol. The number of aliphatic imine (C=N–C) groups is 1. The van der Waals surface area contributed by atoms with Gasteiger partial charge in [-0.15, -0.1) is 24.0 Å². The maximum Gasteiger partial charge on any atom is 0.221 e. The zero-order chi connectivity index (χ0) is 14.0. The summed E-state index contributed by atoms with van der Waals surface area (Å²) in [5, 5.41) is 6.06. The first kappa shape index (κ1) is 20.8. The summed E-state index contributed by atoms with van der Waals surface area (Å²) >= 11 is 0. The van der Waals surface area contributed by atoms with E-state index in [4.69, 9.17) is 0 Å². The van der Waals surface area contributed by atoms with Crippen LogP contribution in [0.4, 0.5) is 0 Å². The standard InChI is InChI=1S/C13H28N4O.HI/c1-6-7-10-17(5)13(14-4)15-9-8-12(18)16-11(2)3;/h11H,6-10H2,1-5H3,(H,14,15)(H,16,18);1H. The summed E-state index contributed by atoms with van der Waals surface area (Å²) in [6.45, 7) is 7.68. The van der Waals surface area contributed by atoms with Crippen LogP contribution in [-0.2, 0) is 4.79 Å². The van der Waals surface area contributed by atoms with Crippen LogP contribution in [0, 0.1) is 0 Å². The second kappa shape index (κ2) is 12.5. The zero-order valence-electron chi connectivity index (χ0n) is 12.8. The Morgan fingerprint density at radius 1 is 1.37 bits per heavy atom. The van der Waals surface area contributed by atoms with Gasteiger partial charge in [-0.1, -0.05) is 13.3 Å². The first-order chi connectivity index (χ1) is 8.51. The van der Waals surface area contributed by atoms with E-state index in [1.165, 1.54) is 0 Å².